The number of azo groups is 1. The number of nitrogens with one attached hydrogen (secondary N) is 1. The molecular weight excluding hydrogens is 518 g/mol. The van der Waals surface area contributed by atoms with Gasteiger partial charge in [0.15, 0.2) is 5.69 Å². The Labute approximate surface area is 217 Å². The number of carbonyl (C=O) groups excluding carboxylic acids is 1. The number of nitrogens with zero attached hydrogens (tertiary/aromatic N) is 4. The molecule has 5 rings (SSSR count). The van der Waals surface area contributed by atoms with Crippen LogP contribution < -0.4 is 0 Å². The van der Waals surface area contributed by atoms with Crippen LogP contribution in [0, 0.1) is 0 Å². The first-order chi connectivity index (χ1) is 17.5. The van der Waals surface area contributed by atoms with Gasteiger partial charge in [0.2, 0.25) is 5.88 Å². The molecule has 5 aromatic rings. The first kappa shape index (κ1) is 24.0. The normalized spacial score (nSPS) is 11.9. The van der Waals surface area contributed by atoms with Gasteiger partial charge in [-0.2, -0.15) is 0 Å². The Morgan fingerprint density at radius 3 is 2.47 bits per heavy atom. The van der Waals surface area contributed by atoms with Gasteiger partial charge < -0.3 is 10.1 Å². The second-order valence-corrected chi connectivity index (χ2v) is 9.41. The Kier molecular flexibility index (Phi) is 6.71. The van der Waals surface area contributed by atoms with E-state index in [0.29, 0.717) is 12.4 Å². The molecule has 0 aliphatic rings. The van der Waals surface area contributed by atoms with Gasteiger partial charge in [0.1, 0.15) is 5.69 Å². The zero-order chi connectivity index (χ0) is 25.2. The van der Waals surface area contributed by atoms with E-state index in [9.17, 15) is 9.90 Å². The van der Waals surface area contributed by atoms with Crippen LogP contribution in [-0.4, -0.2) is 38.6 Å². The summed E-state index contributed by atoms with van der Waals surface area (Å²) in [5.41, 5.74) is 3.97. The second-order valence-electron chi connectivity index (χ2n) is 8.50. The summed E-state index contributed by atoms with van der Waals surface area (Å²) in [6.45, 7) is 6.36. The minimum atomic E-state index is -0.513. The van der Waals surface area contributed by atoms with Crippen molar-refractivity contribution in [2.24, 2.45) is 10.2 Å². The second kappa shape index (κ2) is 10.1. The molecule has 7 nitrogen and oxygen atoms in total. The summed E-state index contributed by atoms with van der Waals surface area (Å²) in [6, 6.07) is 23.2. The van der Waals surface area contributed by atoms with Crippen LogP contribution in [0.1, 0.15) is 24.3 Å². The largest absolute Gasteiger partial charge is 0.493 e. The van der Waals surface area contributed by atoms with Crippen LogP contribution in [0.4, 0.5) is 5.69 Å². The van der Waals surface area contributed by atoms with E-state index in [4.69, 9.17) is 0 Å². The first-order valence-corrected chi connectivity index (χ1v) is 12.7. The number of aromatic amines is 1. The molecule has 0 aliphatic carbocycles. The third kappa shape index (κ3) is 4.34. The van der Waals surface area contributed by atoms with Crippen LogP contribution in [-0.2, 0) is 6.67 Å². The Morgan fingerprint density at radius 2 is 1.72 bits per heavy atom. The van der Waals surface area contributed by atoms with Crippen molar-refractivity contribution in [3.05, 3.63) is 83.0 Å². The van der Waals surface area contributed by atoms with Crippen molar-refractivity contribution in [3.8, 4) is 17.0 Å². The van der Waals surface area contributed by atoms with Crippen molar-refractivity contribution >= 4 is 49.3 Å². The van der Waals surface area contributed by atoms with Crippen molar-refractivity contribution < 1.29 is 9.90 Å². The highest BCUT2D eigenvalue weighted by Crippen LogP contribution is 2.40. The number of aromatic hydroxyl groups is 1. The van der Waals surface area contributed by atoms with E-state index in [1.54, 1.807) is 4.57 Å². The molecule has 2 aromatic heterocycles. The van der Waals surface area contributed by atoms with E-state index in [1.807, 2.05) is 72.8 Å². The molecule has 36 heavy (non-hydrogen) atoms. The summed E-state index contributed by atoms with van der Waals surface area (Å²) in [4.78, 5) is 18.8. The van der Waals surface area contributed by atoms with E-state index in [1.165, 1.54) is 0 Å². The Bertz CT molecular complexity index is 1580. The van der Waals surface area contributed by atoms with Gasteiger partial charge in [-0.15, -0.1) is 10.2 Å². The number of fused-ring (bicyclic) bond motifs is 2. The average molecular weight is 544 g/mol. The summed E-state index contributed by atoms with van der Waals surface area (Å²) >= 11 is 3.53. The van der Waals surface area contributed by atoms with Crippen LogP contribution in [0.5, 0.6) is 5.88 Å². The van der Waals surface area contributed by atoms with Crippen molar-refractivity contribution in [1.29, 1.82) is 0 Å². The van der Waals surface area contributed by atoms with Crippen LogP contribution in [0.3, 0.4) is 0 Å². The molecule has 0 atom stereocenters. The predicted octanol–water partition coefficient (Wildman–Crippen LogP) is 7.48. The highest BCUT2D eigenvalue weighted by molar-refractivity contribution is 9.10. The molecule has 0 unspecified atom stereocenters. The number of benzene rings is 3. The maximum atomic E-state index is 13.4. The monoisotopic (exact) mass is 543 g/mol. The zero-order valence-electron chi connectivity index (χ0n) is 20.1. The molecule has 0 fully saturated rings. The fraction of sp³-hybridized carbons (Fsp3) is 0.179. The number of aromatic nitrogens is 2. The summed E-state index contributed by atoms with van der Waals surface area (Å²) < 4.78 is 2.72. The first-order valence-electron chi connectivity index (χ1n) is 11.9. The molecule has 0 saturated carbocycles. The van der Waals surface area contributed by atoms with Crippen LogP contribution in [0.15, 0.2) is 87.5 Å². The molecule has 0 aliphatic heterocycles. The van der Waals surface area contributed by atoms with Gasteiger partial charge in [0.25, 0.3) is 0 Å². The number of hydrogen-bond donors (Lipinski definition) is 2. The summed E-state index contributed by atoms with van der Waals surface area (Å²) in [7, 11) is 0. The topological polar surface area (TPSA) is 86.0 Å². The lowest BCUT2D eigenvalue weighted by molar-refractivity contribution is 0.0991. The predicted molar refractivity (Wildman–Crippen MR) is 147 cm³/mol. The molecule has 0 bridgehead atoms. The molecule has 3 aromatic carbocycles. The zero-order valence-corrected chi connectivity index (χ0v) is 21.7. The lowest BCUT2D eigenvalue weighted by Gasteiger charge is -2.19. The third-order valence-electron chi connectivity index (χ3n) is 6.43. The van der Waals surface area contributed by atoms with Gasteiger partial charge in [0, 0.05) is 26.3 Å². The van der Waals surface area contributed by atoms with Crippen molar-refractivity contribution in [1.82, 2.24) is 14.5 Å². The Morgan fingerprint density at radius 1 is 1.00 bits per heavy atom. The van der Waals surface area contributed by atoms with E-state index >= 15 is 0 Å². The SMILES string of the molecule is CCN(CC)Cn1c(O)c(N=NC(=O)c2[nH]c3ccc(Br)cc3c2-c2ccccc2)c2ccccc21. The molecule has 0 radical (unpaired) electrons. The molecule has 1 amide bonds. The number of rotatable bonds is 7. The van der Waals surface area contributed by atoms with E-state index < -0.39 is 5.91 Å². The van der Waals surface area contributed by atoms with Gasteiger partial charge in [-0.3, -0.25) is 14.3 Å². The third-order valence-corrected chi connectivity index (χ3v) is 6.92. The molecule has 0 spiro atoms. The molecule has 8 heteroatoms. The fourth-order valence-electron chi connectivity index (χ4n) is 4.51. The molecule has 0 saturated heterocycles. The minimum absolute atomic E-state index is 0.0106. The van der Waals surface area contributed by atoms with Gasteiger partial charge in [0.05, 0.1) is 12.2 Å². The van der Waals surface area contributed by atoms with E-state index in [0.717, 1.165) is 50.5 Å². The summed E-state index contributed by atoms with van der Waals surface area (Å²) in [5, 5.41) is 21.1. The number of halogens is 1. The lowest BCUT2D eigenvalue weighted by atomic mass is 10.0. The van der Waals surface area contributed by atoms with E-state index in [2.05, 4.69) is 49.9 Å². The molecule has 182 valence electrons. The van der Waals surface area contributed by atoms with Gasteiger partial charge in [-0.05, 0) is 42.9 Å². The average Bonchev–Trinajstić information content (AvgIpc) is 3.41. The number of H-pyrrole nitrogens is 1. The minimum Gasteiger partial charge on any atom is -0.493 e. The standard InChI is InChI=1S/C28H26BrN5O2/c1-3-33(4-2)17-34-23-13-9-8-12-20(23)25(28(34)36)31-32-27(35)26-24(18-10-6-5-7-11-18)21-16-19(29)14-15-22(21)30-26/h5-16,30,36H,3-4,17H2,1-2H3. The van der Waals surface area contributed by atoms with Crippen molar-refractivity contribution in [2.75, 3.05) is 13.1 Å². The van der Waals surface area contributed by atoms with E-state index in [-0.39, 0.29) is 11.6 Å². The quantitative estimate of drug-likeness (QED) is 0.208. The summed E-state index contributed by atoms with van der Waals surface area (Å²) in [5.74, 6) is -0.523. The highest BCUT2D eigenvalue weighted by atomic mass is 79.9. The van der Waals surface area contributed by atoms with Crippen molar-refractivity contribution in [3.63, 3.8) is 0 Å². The fourth-order valence-corrected chi connectivity index (χ4v) is 4.87. The summed E-state index contributed by atoms with van der Waals surface area (Å²) in [6.07, 6.45) is 0. The molecule has 2 heterocycles. The number of amides is 1. The number of para-hydroxylation sites is 1. The van der Waals surface area contributed by atoms with Crippen LogP contribution in [0.2, 0.25) is 0 Å². The van der Waals surface area contributed by atoms with Gasteiger partial charge >= 0.3 is 5.91 Å². The maximum Gasteiger partial charge on any atom is 0.312 e. The van der Waals surface area contributed by atoms with Crippen LogP contribution >= 0.6 is 15.9 Å². The molecular formula is C28H26BrN5O2. The smallest absolute Gasteiger partial charge is 0.312 e. The Balaban J connectivity index is 1.59. The van der Waals surface area contributed by atoms with Crippen molar-refractivity contribution in [2.45, 2.75) is 20.5 Å². The maximum absolute atomic E-state index is 13.4. The highest BCUT2D eigenvalue weighted by Gasteiger charge is 2.21. The molecule has 2 N–H and O–H groups in total. The lowest BCUT2D eigenvalue weighted by Crippen LogP contribution is -2.25. The van der Waals surface area contributed by atoms with Crippen LogP contribution in [0.25, 0.3) is 32.9 Å². The van der Waals surface area contributed by atoms with Gasteiger partial charge in [-0.25, -0.2) is 0 Å². The number of hydrogen-bond acceptors (Lipinski definition) is 4. The Hall–Kier alpha value is -3.75. The number of carbonyl (C=O) groups is 1. The van der Waals surface area contributed by atoms with Gasteiger partial charge in [-0.1, -0.05) is 78.3 Å².